The quantitative estimate of drug-likeness (QED) is 0.720. The minimum Gasteiger partial charge on any atom is -0.466 e. The Hall–Kier alpha value is -1.58. The van der Waals surface area contributed by atoms with E-state index in [-0.39, 0.29) is 11.9 Å². The van der Waals surface area contributed by atoms with E-state index in [0.29, 0.717) is 19.6 Å². The number of ether oxygens (including phenoxy) is 2. The summed E-state index contributed by atoms with van der Waals surface area (Å²) in [5.41, 5.74) is -0.781. The van der Waals surface area contributed by atoms with Crippen LogP contribution in [-0.4, -0.2) is 25.2 Å². The molecular weight excluding hydrogens is 232 g/mol. The summed E-state index contributed by atoms with van der Waals surface area (Å²) in [6.45, 7) is 5.98. The van der Waals surface area contributed by atoms with Crippen molar-refractivity contribution in [1.29, 1.82) is 0 Å². The van der Waals surface area contributed by atoms with Crippen LogP contribution in [0.15, 0.2) is 24.3 Å². The molecule has 4 nitrogen and oxygen atoms in total. The molecule has 0 saturated heterocycles. The van der Waals surface area contributed by atoms with Crippen LogP contribution in [0.1, 0.15) is 27.2 Å². The van der Waals surface area contributed by atoms with Crippen molar-refractivity contribution in [2.75, 3.05) is 13.2 Å². The lowest BCUT2D eigenvalue weighted by Gasteiger charge is -2.25. The second-order valence-electron chi connectivity index (χ2n) is 4.44. The lowest BCUT2D eigenvalue weighted by molar-refractivity contribution is -0.154. The fraction of sp³-hybridized carbons (Fsp3) is 0.571. The van der Waals surface area contributed by atoms with E-state index < -0.39 is 11.3 Å². The normalized spacial score (nSPS) is 26.5. The van der Waals surface area contributed by atoms with Gasteiger partial charge in [-0.05, 0) is 27.2 Å². The van der Waals surface area contributed by atoms with Gasteiger partial charge in [0.05, 0.1) is 24.5 Å². The molecule has 0 radical (unpaired) electrons. The predicted octanol–water partition coefficient (Wildman–Crippen LogP) is 2.25. The first-order valence-corrected chi connectivity index (χ1v) is 6.23. The van der Waals surface area contributed by atoms with Crippen molar-refractivity contribution >= 4 is 11.9 Å². The molecule has 0 heterocycles. The Morgan fingerprint density at radius 3 is 2.50 bits per heavy atom. The van der Waals surface area contributed by atoms with Gasteiger partial charge in [0.15, 0.2) is 0 Å². The Morgan fingerprint density at radius 1 is 1.22 bits per heavy atom. The molecule has 0 bridgehead atoms. The standard InChI is InChI=1S/C14H20O4/c1-4-17-12(15)11-8-6-7-9-14(3,10-11)13(16)18-5-2/h6-9,11H,4-5,10H2,1-3H3. The molecule has 1 rings (SSSR count). The van der Waals surface area contributed by atoms with Crippen molar-refractivity contribution in [3.8, 4) is 0 Å². The first-order chi connectivity index (χ1) is 8.53. The Kier molecular flexibility index (Phi) is 5.13. The van der Waals surface area contributed by atoms with Gasteiger partial charge in [-0.15, -0.1) is 0 Å². The molecule has 0 saturated carbocycles. The van der Waals surface area contributed by atoms with Crippen molar-refractivity contribution < 1.29 is 19.1 Å². The van der Waals surface area contributed by atoms with Crippen molar-refractivity contribution in [2.24, 2.45) is 11.3 Å². The van der Waals surface area contributed by atoms with E-state index in [1.165, 1.54) is 0 Å². The van der Waals surface area contributed by atoms with Crippen LogP contribution in [0.3, 0.4) is 0 Å². The lowest BCUT2D eigenvalue weighted by atomic mass is 9.81. The number of carbonyl (C=O) groups excluding carboxylic acids is 2. The molecule has 0 spiro atoms. The van der Waals surface area contributed by atoms with Crippen LogP contribution in [-0.2, 0) is 19.1 Å². The van der Waals surface area contributed by atoms with Crippen LogP contribution in [0.2, 0.25) is 0 Å². The summed E-state index contributed by atoms with van der Waals surface area (Å²) in [5, 5.41) is 0. The van der Waals surface area contributed by atoms with E-state index in [2.05, 4.69) is 0 Å². The fourth-order valence-electron chi connectivity index (χ4n) is 1.92. The molecule has 4 heteroatoms. The zero-order valence-electron chi connectivity index (χ0n) is 11.1. The highest BCUT2D eigenvalue weighted by Crippen LogP contribution is 2.32. The molecule has 0 aromatic carbocycles. The van der Waals surface area contributed by atoms with Gasteiger partial charge in [0, 0.05) is 0 Å². The zero-order valence-corrected chi connectivity index (χ0v) is 11.1. The number of carbonyl (C=O) groups is 2. The summed E-state index contributed by atoms with van der Waals surface area (Å²) >= 11 is 0. The van der Waals surface area contributed by atoms with Gasteiger partial charge in [0.1, 0.15) is 0 Å². The van der Waals surface area contributed by atoms with E-state index in [4.69, 9.17) is 9.47 Å². The SMILES string of the molecule is CCOC(=O)C1C=CC=CC(C)(C(=O)OCC)C1. The molecule has 2 unspecified atom stereocenters. The van der Waals surface area contributed by atoms with Gasteiger partial charge in [-0.1, -0.05) is 24.3 Å². The minimum atomic E-state index is -0.781. The molecule has 18 heavy (non-hydrogen) atoms. The number of rotatable bonds is 4. The van der Waals surface area contributed by atoms with Gasteiger partial charge < -0.3 is 9.47 Å². The number of hydrogen-bond donors (Lipinski definition) is 0. The van der Waals surface area contributed by atoms with Crippen molar-refractivity contribution in [3.63, 3.8) is 0 Å². The molecule has 1 aliphatic carbocycles. The van der Waals surface area contributed by atoms with E-state index in [0.717, 1.165) is 0 Å². The fourth-order valence-corrected chi connectivity index (χ4v) is 1.92. The van der Waals surface area contributed by atoms with Crippen LogP contribution < -0.4 is 0 Å². The predicted molar refractivity (Wildman–Crippen MR) is 67.8 cm³/mol. The third kappa shape index (κ3) is 3.45. The van der Waals surface area contributed by atoms with Gasteiger partial charge in [0.2, 0.25) is 0 Å². The van der Waals surface area contributed by atoms with Crippen molar-refractivity contribution in [1.82, 2.24) is 0 Å². The second-order valence-corrected chi connectivity index (χ2v) is 4.44. The Labute approximate surface area is 108 Å². The maximum absolute atomic E-state index is 11.9. The maximum Gasteiger partial charge on any atom is 0.315 e. The van der Waals surface area contributed by atoms with Gasteiger partial charge in [0.25, 0.3) is 0 Å². The first kappa shape index (κ1) is 14.5. The summed E-state index contributed by atoms with van der Waals surface area (Å²) in [6, 6.07) is 0. The van der Waals surface area contributed by atoms with Crippen LogP contribution in [0.5, 0.6) is 0 Å². The minimum absolute atomic E-state index is 0.298. The average Bonchev–Trinajstić information content (AvgIpc) is 2.53. The summed E-state index contributed by atoms with van der Waals surface area (Å²) in [4.78, 5) is 23.7. The molecule has 1 aliphatic rings. The molecule has 0 N–H and O–H groups in total. The topological polar surface area (TPSA) is 52.6 Å². The monoisotopic (exact) mass is 252 g/mol. The third-order valence-corrected chi connectivity index (χ3v) is 2.89. The maximum atomic E-state index is 11.9. The van der Waals surface area contributed by atoms with Gasteiger partial charge in [-0.3, -0.25) is 9.59 Å². The second kappa shape index (κ2) is 6.38. The summed E-state index contributed by atoms with van der Waals surface area (Å²) < 4.78 is 10.1. The molecule has 0 aromatic heterocycles. The number of esters is 2. The number of hydrogen-bond acceptors (Lipinski definition) is 4. The van der Waals surface area contributed by atoms with E-state index in [1.807, 2.05) is 0 Å². The molecule has 0 aliphatic heterocycles. The Morgan fingerprint density at radius 2 is 1.89 bits per heavy atom. The average molecular weight is 252 g/mol. The Bertz CT molecular complexity index is 370. The van der Waals surface area contributed by atoms with Crippen LogP contribution in [0.4, 0.5) is 0 Å². The highest BCUT2D eigenvalue weighted by atomic mass is 16.5. The van der Waals surface area contributed by atoms with Crippen LogP contribution in [0, 0.1) is 11.3 Å². The molecule has 0 aromatic rings. The van der Waals surface area contributed by atoms with Crippen molar-refractivity contribution in [3.05, 3.63) is 24.3 Å². The summed E-state index contributed by atoms with van der Waals surface area (Å²) in [7, 11) is 0. The zero-order chi connectivity index (χ0) is 13.6. The number of allylic oxidation sites excluding steroid dienone is 2. The Balaban J connectivity index is 2.83. The third-order valence-electron chi connectivity index (χ3n) is 2.89. The van der Waals surface area contributed by atoms with E-state index in [9.17, 15) is 9.59 Å². The van der Waals surface area contributed by atoms with Gasteiger partial charge in [-0.2, -0.15) is 0 Å². The van der Waals surface area contributed by atoms with Gasteiger partial charge >= 0.3 is 11.9 Å². The molecule has 100 valence electrons. The summed E-state index contributed by atoms with van der Waals surface area (Å²) in [6.07, 6.45) is 7.46. The highest BCUT2D eigenvalue weighted by Gasteiger charge is 2.37. The smallest absolute Gasteiger partial charge is 0.315 e. The van der Waals surface area contributed by atoms with Crippen LogP contribution in [0.25, 0.3) is 0 Å². The largest absolute Gasteiger partial charge is 0.466 e. The lowest BCUT2D eigenvalue weighted by Crippen LogP contribution is -2.32. The van der Waals surface area contributed by atoms with E-state index >= 15 is 0 Å². The van der Waals surface area contributed by atoms with Crippen LogP contribution >= 0.6 is 0 Å². The summed E-state index contributed by atoms with van der Waals surface area (Å²) in [5.74, 6) is -1.01. The van der Waals surface area contributed by atoms with Crippen molar-refractivity contribution in [2.45, 2.75) is 27.2 Å². The molecule has 0 amide bonds. The molecular formula is C14H20O4. The molecule has 2 atom stereocenters. The van der Waals surface area contributed by atoms with E-state index in [1.54, 1.807) is 45.1 Å². The van der Waals surface area contributed by atoms with Gasteiger partial charge in [-0.25, -0.2) is 0 Å². The highest BCUT2D eigenvalue weighted by molar-refractivity contribution is 5.81. The molecule has 0 fully saturated rings. The first-order valence-electron chi connectivity index (χ1n) is 6.23.